The highest BCUT2D eigenvalue weighted by molar-refractivity contribution is 9.10. The highest BCUT2D eigenvalue weighted by Crippen LogP contribution is 2.19. The first kappa shape index (κ1) is 13.6. The third-order valence-corrected chi connectivity index (χ3v) is 3.11. The predicted octanol–water partition coefficient (Wildman–Crippen LogP) is 2.76. The van der Waals surface area contributed by atoms with Crippen LogP contribution in [0.25, 0.3) is 0 Å². The van der Waals surface area contributed by atoms with Crippen molar-refractivity contribution in [2.24, 2.45) is 0 Å². The van der Waals surface area contributed by atoms with Crippen LogP contribution in [0.2, 0.25) is 0 Å². The average Bonchev–Trinajstić information content (AvgIpc) is 2.24. The summed E-state index contributed by atoms with van der Waals surface area (Å²) < 4.78 is 19.2. The van der Waals surface area contributed by atoms with Gasteiger partial charge in [-0.1, -0.05) is 22.9 Å². The van der Waals surface area contributed by atoms with Crippen LogP contribution in [-0.2, 0) is 11.2 Å². The molecule has 0 amide bonds. The van der Waals surface area contributed by atoms with Gasteiger partial charge in [0.15, 0.2) is 0 Å². The molecule has 0 aliphatic carbocycles. The predicted molar refractivity (Wildman–Crippen MR) is 67.1 cm³/mol. The Morgan fingerprint density at radius 2 is 2.25 bits per heavy atom. The summed E-state index contributed by atoms with van der Waals surface area (Å²) >= 11 is 3.43. The third kappa shape index (κ3) is 4.20. The maximum atomic E-state index is 13.1. The largest absolute Gasteiger partial charge is 0.383 e. The smallest absolute Gasteiger partial charge is 0.123 e. The number of nitrogens with one attached hydrogen (secondary N) is 1. The molecule has 0 heterocycles. The van der Waals surface area contributed by atoms with E-state index in [4.69, 9.17) is 4.74 Å². The van der Waals surface area contributed by atoms with E-state index in [0.717, 1.165) is 23.0 Å². The molecule has 1 unspecified atom stereocenters. The summed E-state index contributed by atoms with van der Waals surface area (Å²) in [6.45, 7) is 3.54. The van der Waals surface area contributed by atoms with Crippen LogP contribution in [0, 0.1) is 5.82 Å². The van der Waals surface area contributed by atoms with E-state index in [-0.39, 0.29) is 11.9 Å². The quantitative estimate of drug-likeness (QED) is 0.870. The van der Waals surface area contributed by atoms with E-state index in [1.807, 2.05) is 6.92 Å². The second-order valence-corrected chi connectivity index (χ2v) is 4.50. The van der Waals surface area contributed by atoms with E-state index in [1.54, 1.807) is 19.2 Å². The van der Waals surface area contributed by atoms with Crippen molar-refractivity contribution in [2.75, 3.05) is 20.3 Å². The van der Waals surface area contributed by atoms with Crippen molar-refractivity contribution < 1.29 is 9.13 Å². The Balaban J connectivity index is 2.71. The zero-order chi connectivity index (χ0) is 12.0. The highest BCUT2D eigenvalue weighted by Gasteiger charge is 2.10. The summed E-state index contributed by atoms with van der Waals surface area (Å²) in [6.07, 6.45) is 0.750. The van der Waals surface area contributed by atoms with Gasteiger partial charge in [-0.2, -0.15) is 0 Å². The summed E-state index contributed by atoms with van der Waals surface area (Å²) in [6, 6.07) is 4.96. The number of benzene rings is 1. The molecule has 0 radical (unpaired) electrons. The summed E-state index contributed by atoms with van der Waals surface area (Å²) in [5.74, 6) is -0.203. The second kappa shape index (κ2) is 6.99. The SMILES string of the molecule is CCNC(COC)Cc1cc(F)ccc1Br. The maximum Gasteiger partial charge on any atom is 0.123 e. The van der Waals surface area contributed by atoms with Gasteiger partial charge >= 0.3 is 0 Å². The topological polar surface area (TPSA) is 21.3 Å². The molecule has 0 saturated heterocycles. The Bertz CT molecular complexity index is 327. The molecular weight excluding hydrogens is 273 g/mol. The molecule has 2 nitrogen and oxygen atoms in total. The van der Waals surface area contributed by atoms with Gasteiger partial charge in [-0.05, 0) is 36.7 Å². The fourth-order valence-corrected chi connectivity index (χ4v) is 2.05. The standard InChI is InChI=1S/C12H17BrFNO/c1-3-15-11(8-16-2)7-9-6-10(14)4-5-12(9)13/h4-6,11,15H,3,7-8H2,1-2H3. The summed E-state index contributed by atoms with van der Waals surface area (Å²) in [7, 11) is 1.67. The molecule has 0 fully saturated rings. The minimum atomic E-state index is -0.203. The Morgan fingerprint density at radius 3 is 2.88 bits per heavy atom. The number of hydrogen-bond donors (Lipinski definition) is 1. The lowest BCUT2D eigenvalue weighted by Gasteiger charge is -2.17. The monoisotopic (exact) mass is 289 g/mol. The van der Waals surface area contributed by atoms with E-state index >= 15 is 0 Å². The third-order valence-electron chi connectivity index (χ3n) is 2.33. The first-order valence-electron chi connectivity index (χ1n) is 5.33. The van der Waals surface area contributed by atoms with Crippen molar-refractivity contribution in [3.8, 4) is 0 Å². The van der Waals surface area contributed by atoms with Crippen molar-refractivity contribution in [1.29, 1.82) is 0 Å². The fraction of sp³-hybridized carbons (Fsp3) is 0.500. The zero-order valence-electron chi connectivity index (χ0n) is 9.59. The summed E-state index contributed by atoms with van der Waals surface area (Å²) in [4.78, 5) is 0. The Hall–Kier alpha value is -0.450. The van der Waals surface area contributed by atoms with Gasteiger partial charge in [-0.15, -0.1) is 0 Å². The summed E-state index contributed by atoms with van der Waals surface area (Å²) in [5, 5.41) is 3.31. The molecule has 0 aliphatic rings. The van der Waals surface area contributed by atoms with Crippen molar-refractivity contribution in [2.45, 2.75) is 19.4 Å². The van der Waals surface area contributed by atoms with Gasteiger partial charge in [0.25, 0.3) is 0 Å². The molecule has 0 bridgehead atoms. The van der Waals surface area contributed by atoms with Crippen LogP contribution >= 0.6 is 15.9 Å². The van der Waals surface area contributed by atoms with E-state index in [9.17, 15) is 4.39 Å². The van der Waals surface area contributed by atoms with Gasteiger partial charge in [0, 0.05) is 17.6 Å². The lowest BCUT2D eigenvalue weighted by Crippen LogP contribution is -2.35. The van der Waals surface area contributed by atoms with Crippen LogP contribution in [0.4, 0.5) is 4.39 Å². The van der Waals surface area contributed by atoms with Crippen molar-refractivity contribution in [3.63, 3.8) is 0 Å². The van der Waals surface area contributed by atoms with Crippen LogP contribution < -0.4 is 5.32 Å². The van der Waals surface area contributed by atoms with Gasteiger partial charge in [0.2, 0.25) is 0 Å². The average molecular weight is 290 g/mol. The first-order chi connectivity index (χ1) is 7.67. The lowest BCUT2D eigenvalue weighted by atomic mass is 10.1. The molecule has 1 aromatic rings. The Morgan fingerprint density at radius 1 is 1.50 bits per heavy atom. The summed E-state index contributed by atoms with van der Waals surface area (Å²) in [5.41, 5.74) is 0.961. The number of ether oxygens (including phenoxy) is 1. The minimum absolute atomic E-state index is 0.203. The van der Waals surface area contributed by atoms with E-state index in [2.05, 4.69) is 21.2 Å². The number of hydrogen-bond acceptors (Lipinski definition) is 2. The highest BCUT2D eigenvalue weighted by atomic mass is 79.9. The zero-order valence-corrected chi connectivity index (χ0v) is 11.2. The number of rotatable bonds is 6. The minimum Gasteiger partial charge on any atom is -0.383 e. The molecule has 4 heteroatoms. The van der Waals surface area contributed by atoms with Crippen LogP contribution in [0.15, 0.2) is 22.7 Å². The molecule has 90 valence electrons. The van der Waals surface area contributed by atoms with Crippen LogP contribution in [-0.4, -0.2) is 26.3 Å². The molecule has 1 aromatic carbocycles. The van der Waals surface area contributed by atoms with Gasteiger partial charge in [-0.3, -0.25) is 0 Å². The van der Waals surface area contributed by atoms with E-state index in [1.165, 1.54) is 6.07 Å². The number of likely N-dealkylation sites (N-methyl/N-ethyl adjacent to an activating group) is 1. The van der Waals surface area contributed by atoms with Crippen molar-refractivity contribution in [1.82, 2.24) is 5.32 Å². The number of halogens is 2. The van der Waals surface area contributed by atoms with Gasteiger partial charge in [0.05, 0.1) is 6.61 Å². The molecule has 0 aromatic heterocycles. The lowest BCUT2D eigenvalue weighted by molar-refractivity contribution is 0.167. The molecular formula is C12H17BrFNO. The number of methoxy groups -OCH3 is 1. The van der Waals surface area contributed by atoms with Crippen LogP contribution in [0.1, 0.15) is 12.5 Å². The van der Waals surface area contributed by atoms with Crippen LogP contribution in [0.5, 0.6) is 0 Å². The fourth-order valence-electron chi connectivity index (χ4n) is 1.65. The van der Waals surface area contributed by atoms with Gasteiger partial charge in [-0.25, -0.2) is 4.39 Å². The molecule has 0 aliphatic heterocycles. The first-order valence-corrected chi connectivity index (χ1v) is 6.13. The Kier molecular flexibility index (Phi) is 5.95. The molecule has 0 saturated carbocycles. The normalized spacial score (nSPS) is 12.8. The van der Waals surface area contributed by atoms with Gasteiger partial charge < -0.3 is 10.1 Å². The molecule has 0 spiro atoms. The van der Waals surface area contributed by atoms with Crippen molar-refractivity contribution >= 4 is 15.9 Å². The maximum absolute atomic E-state index is 13.1. The molecule has 1 atom stereocenters. The van der Waals surface area contributed by atoms with Gasteiger partial charge in [0.1, 0.15) is 5.82 Å². The van der Waals surface area contributed by atoms with E-state index < -0.39 is 0 Å². The van der Waals surface area contributed by atoms with Crippen molar-refractivity contribution in [3.05, 3.63) is 34.1 Å². The second-order valence-electron chi connectivity index (χ2n) is 3.65. The molecule has 1 rings (SSSR count). The molecule has 1 N–H and O–H groups in total. The Labute approximate surface area is 104 Å². The molecule has 16 heavy (non-hydrogen) atoms. The van der Waals surface area contributed by atoms with Crippen LogP contribution in [0.3, 0.4) is 0 Å². The van der Waals surface area contributed by atoms with E-state index in [0.29, 0.717) is 6.61 Å².